The first-order valence-corrected chi connectivity index (χ1v) is 14.5. The monoisotopic (exact) mass is 673 g/mol. The molecule has 0 spiro atoms. The number of nitrogens with one attached hydrogen (secondary N) is 2. The maximum absolute atomic E-state index is 13.3. The summed E-state index contributed by atoms with van der Waals surface area (Å²) in [5.74, 6) is 5.90. The molecule has 3 heterocycles. The van der Waals surface area contributed by atoms with Crippen LogP contribution in [0.1, 0.15) is 41.5 Å². The third kappa shape index (κ3) is 4.76. The summed E-state index contributed by atoms with van der Waals surface area (Å²) in [6.07, 6.45) is 2.59. The quantitative estimate of drug-likeness (QED) is 0.0600. The lowest BCUT2D eigenvalue weighted by atomic mass is 9.91. The van der Waals surface area contributed by atoms with Gasteiger partial charge in [0.15, 0.2) is 40.6 Å². The third-order valence-electron chi connectivity index (χ3n) is 7.65. The highest BCUT2D eigenvalue weighted by Gasteiger charge is 2.30. The van der Waals surface area contributed by atoms with Gasteiger partial charge in [0.05, 0.1) is 12.4 Å². The lowest BCUT2D eigenvalue weighted by Crippen LogP contribution is -2.24. The number of benzene rings is 4. The Hall–Kier alpha value is -4.09. The molecule has 2 N–H and O–H groups in total. The lowest BCUT2D eigenvalue weighted by Gasteiger charge is -2.14. The fourth-order valence-corrected chi connectivity index (χ4v) is 5.94. The lowest BCUT2D eigenvalue weighted by molar-refractivity contribution is -0.194. The number of H-pyrrole nitrogens is 1. The standard InChI is InChI=1S/C31H24IN5O5/c32-42-40-16-21-12-13-25(41-21)37-29-28(31(39)35-17-34-29)24(36-37)9-1-2-14-33-30(38)23-15-20-7-3-5-18-10-11-19-6-4-8-22(23)27(19)26(18)20/h3-8,10-11,15,17,21,25H,2,12-14,16H2,(H,33,38)(H,34,35,39). The molecule has 10 nitrogen and oxygen atoms in total. The van der Waals surface area contributed by atoms with Gasteiger partial charge in [-0.3, -0.25) is 9.59 Å². The largest absolute Gasteiger partial charge is 0.351 e. The molecule has 1 fully saturated rings. The molecular formula is C31H24IN5O5. The van der Waals surface area contributed by atoms with Crippen LogP contribution in [-0.4, -0.2) is 44.9 Å². The minimum Gasteiger partial charge on any atom is -0.351 e. The van der Waals surface area contributed by atoms with Gasteiger partial charge >= 0.3 is 0 Å². The van der Waals surface area contributed by atoms with Gasteiger partial charge in [0.1, 0.15) is 12.0 Å². The van der Waals surface area contributed by atoms with Gasteiger partial charge in [0.2, 0.25) is 0 Å². The fraction of sp³-hybridized carbons (Fsp3) is 0.226. The Morgan fingerprint density at radius 3 is 2.76 bits per heavy atom. The zero-order valence-electron chi connectivity index (χ0n) is 22.2. The van der Waals surface area contributed by atoms with E-state index in [0.29, 0.717) is 48.3 Å². The number of rotatable bonds is 7. The minimum absolute atomic E-state index is 0.156. The number of halogens is 1. The van der Waals surface area contributed by atoms with Crippen molar-refractivity contribution in [3.63, 3.8) is 0 Å². The van der Waals surface area contributed by atoms with E-state index in [1.807, 2.05) is 30.3 Å². The normalized spacial score (nSPS) is 16.9. The zero-order valence-corrected chi connectivity index (χ0v) is 24.4. The molecule has 7 rings (SSSR count). The summed E-state index contributed by atoms with van der Waals surface area (Å²) >= 11 is 1.66. The van der Waals surface area contributed by atoms with E-state index in [2.05, 4.69) is 59.7 Å². The van der Waals surface area contributed by atoms with E-state index in [4.69, 9.17) is 9.62 Å². The topological polar surface area (TPSA) is 120 Å². The molecule has 0 radical (unpaired) electrons. The molecule has 2 atom stereocenters. The van der Waals surface area contributed by atoms with Crippen LogP contribution in [0.15, 0.2) is 65.7 Å². The first kappa shape index (κ1) is 26.8. The first-order valence-electron chi connectivity index (χ1n) is 13.6. The molecule has 0 saturated carbocycles. The van der Waals surface area contributed by atoms with Crippen LogP contribution in [0.4, 0.5) is 0 Å². The van der Waals surface area contributed by atoms with Gasteiger partial charge in [-0.2, -0.15) is 8.32 Å². The summed E-state index contributed by atoms with van der Waals surface area (Å²) in [6.45, 7) is 0.629. The van der Waals surface area contributed by atoms with Crippen LogP contribution in [0, 0.1) is 11.8 Å². The molecule has 11 heteroatoms. The summed E-state index contributed by atoms with van der Waals surface area (Å²) in [5.41, 5.74) is 1.03. The van der Waals surface area contributed by atoms with Crippen molar-refractivity contribution >= 4 is 72.3 Å². The van der Waals surface area contributed by atoms with Crippen molar-refractivity contribution in [3.05, 3.63) is 82.5 Å². The van der Waals surface area contributed by atoms with Gasteiger partial charge in [-0.25, -0.2) is 14.6 Å². The molecule has 0 bridgehead atoms. The van der Waals surface area contributed by atoms with Crippen molar-refractivity contribution in [2.45, 2.75) is 31.6 Å². The molecule has 2 aromatic heterocycles. The molecule has 2 unspecified atom stereocenters. The Labute approximate surface area is 253 Å². The summed E-state index contributed by atoms with van der Waals surface area (Å²) in [6, 6.07) is 18.4. The van der Waals surface area contributed by atoms with E-state index in [0.717, 1.165) is 33.4 Å². The second-order valence-electron chi connectivity index (χ2n) is 10.1. The SMILES string of the molecule is O=C(NCCC#Cc1nn(C2CCC(COOI)O2)c2nc[nH]c(=O)c12)c1cc2cccc3ccc4cccc1c4c32. The Balaban J connectivity index is 1.09. The molecule has 210 valence electrons. The van der Waals surface area contributed by atoms with Gasteiger partial charge < -0.3 is 15.0 Å². The predicted octanol–water partition coefficient (Wildman–Crippen LogP) is 5.16. The Kier molecular flexibility index (Phi) is 7.20. The van der Waals surface area contributed by atoms with Crippen LogP contribution in [0.5, 0.6) is 0 Å². The van der Waals surface area contributed by atoms with E-state index in [1.165, 1.54) is 11.7 Å². The van der Waals surface area contributed by atoms with Crippen molar-refractivity contribution in [2.24, 2.45) is 0 Å². The molecule has 6 aromatic rings. The average Bonchev–Trinajstić information content (AvgIpc) is 3.64. The van der Waals surface area contributed by atoms with Crippen LogP contribution in [-0.2, 0) is 12.8 Å². The predicted molar refractivity (Wildman–Crippen MR) is 166 cm³/mol. The van der Waals surface area contributed by atoms with Crippen molar-refractivity contribution < 1.29 is 17.6 Å². The number of carbonyl (C=O) groups is 1. The van der Waals surface area contributed by atoms with Crippen molar-refractivity contribution in [1.82, 2.24) is 25.1 Å². The highest BCUT2D eigenvalue weighted by atomic mass is 127. The van der Waals surface area contributed by atoms with Crippen LogP contribution in [0.3, 0.4) is 0 Å². The summed E-state index contributed by atoms with van der Waals surface area (Å²) in [5, 5.41) is 14.4. The molecule has 1 amide bonds. The Morgan fingerprint density at radius 2 is 1.90 bits per heavy atom. The number of aromatic amines is 1. The number of ether oxygens (including phenoxy) is 1. The maximum Gasteiger partial charge on any atom is 0.263 e. The van der Waals surface area contributed by atoms with Crippen LogP contribution < -0.4 is 10.9 Å². The van der Waals surface area contributed by atoms with Gasteiger partial charge in [0, 0.05) is 18.5 Å². The zero-order chi connectivity index (χ0) is 28.6. The number of hydrogen-bond donors (Lipinski definition) is 2. The van der Waals surface area contributed by atoms with E-state index >= 15 is 0 Å². The fourth-order valence-electron chi connectivity index (χ4n) is 5.79. The number of amides is 1. The van der Waals surface area contributed by atoms with E-state index < -0.39 is 6.23 Å². The highest BCUT2D eigenvalue weighted by molar-refractivity contribution is 14.1. The summed E-state index contributed by atoms with van der Waals surface area (Å²) < 4.78 is 12.3. The second kappa shape index (κ2) is 11.3. The summed E-state index contributed by atoms with van der Waals surface area (Å²) in [7, 11) is 0. The van der Waals surface area contributed by atoms with Crippen LogP contribution in [0.25, 0.3) is 43.4 Å². The number of aromatic nitrogens is 4. The van der Waals surface area contributed by atoms with Crippen molar-refractivity contribution in [1.29, 1.82) is 0 Å². The van der Waals surface area contributed by atoms with E-state index in [1.54, 1.807) is 27.7 Å². The summed E-state index contributed by atoms with van der Waals surface area (Å²) in [4.78, 5) is 37.9. The number of nitrogens with zero attached hydrogens (tertiary/aromatic N) is 3. The number of carbonyl (C=O) groups excluding carboxylic acids is 1. The minimum atomic E-state index is -0.399. The smallest absolute Gasteiger partial charge is 0.263 e. The molecule has 4 aromatic carbocycles. The average molecular weight is 673 g/mol. The van der Waals surface area contributed by atoms with Gasteiger partial charge in [-0.15, -0.1) is 0 Å². The first-order chi connectivity index (χ1) is 20.6. The highest BCUT2D eigenvalue weighted by Crippen LogP contribution is 2.36. The van der Waals surface area contributed by atoms with Gasteiger partial charge in [0.25, 0.3) is 11.5 Å². The van der Waals surface area contributed by atoms with Gasteiger partial charge in [-0.05, 0) is 57.1 Å². The van der Waals surface area contributed by atoms with E-state index in [9.17, 15) is 9.59 Å². The molecule has 1 aliphatic heterocycles. The number of hydrogen-bond acceptors (Lipinski definition) is 7. The molecular weight excluding hydrogens is 649 g/mol. The molecule has 42 heavy (non-hydrogen) atoms. The third-order valence-corrected chi connectivity index (χ3v) is 7.90. The second-order valence-corrected chi connectivity index (χ2v) is 10.5. The van der Waals surface area contributed by atoms with Crippen molar-refractivity contribution in [3.8, 4) is 11.8 Å². The Bertz CT molecular complexity index is 2080. The Morgan fingerprint density at radius 1 is 1.10 bits per heavy atom. The number of fused-ring (bicyclic) bond motifs is 1. The molecule has 0 aliphatic carbocycles. The molecule has 1 aliphatic rings. The van der Waals surface area contributed by atoms with Crippen molar-refractivity contribution in [2.75, 3.05) is 13.2 Å². The van der Waals surface area contributed by atoms with Gasteiger partial charge in [-0.1, -0.05) is 54.5 Å². The van der Waals surface area contributed by atoms with Crippen LogP contribution >= 0.6 is 23.0 Å². The molecule has 1 saturated heterocycles. The van der Waals surface area contributed by atoms with E-state index in [-0.39, 0.29) is 17.6 Å². The van der Waals surface area contributed by atoms with Crippen LogP contribution in [0.2, 0.25) is 0 Å². The maximum atomic E-state index is 13.3.